The Morgan fingerprint density at radius 2 is 2.05 bits per heavy atom. The van der Waals surface area contributed by atoms with Crippen LogP contribution in [0.4, 0.5) is 10.1 Å². The molecule has 0 radical (unpaired) electrons. The van der Waals surface area contributed by atoms with Gasteiger partial charge in [-0.2, -0.15) is 0 Å². The number of benzene rings is 1. The molecule has 1 aromatic rings. The molecule has 0 saturated carbocycles. The molecule has 0 amide bonds. The number of halogens is 1. The molecule has 0 spiro atoms. The number of anilines is 1. The first-order valence-corrected chi connectivity index (χ1v) is 7.30. The van der Waals surface area contributed by atoms with Gasteiger partial charge >= 0.3 is 0 Å². The largest absolute Gasteiger partial charge is 0.305 e. The minimum Gasteiger partial charge on any atom is -0.305 e. The molecule has 1 heterocycles. The molecule has 1 aromatic carbocycles. The van der Waals surface area contributed by atoms with E-state index in [0.29, 0.717) is 6.04 Å². The molecule has 3 nitrogen and oxygen atoms in total. The second-order valence-corrected chi connectivity index (χ2v) is 5.46. The quantitative estimate of drug-likeness (QED) is 0.806. The fourth-order valence-electron chi connectivity index (χ4n) is 2.41. The highest BCUT2D eigenvalue weighted by Crippen LogP contribution is 2.21. The zero-order chi connectivity index (χ0) is 14.5. The maximum absolute atomic E-state index is 12.8. The van der Waals surface area contributed by atoms with Crippen LogP contribution in [0.2, 0.25) is 0 Å². The predicted octanol–water partition coefficient (Wildman–Crippen LogP) is 3.52. The minimum atomic E-state index is -0.217. The number of likely N-dealkylation sites (tertiary alicyclic amines) is 1. The standard InChI is InChI=1S/C16H24FN3/c1-4-12(2)20-10-9-14(11-20)13(3)18-19-16-7-5-15(17)6-8-16/h5-8,12,18-19H,4,9-11H2,1-3H3. The topological polar surface area (TPSA) is 27.3 Å². The monoisotopic (exact) mass is 277 g/mol. The van der Waals surface area contributed by atoms with Crippen LogP contribution in [0.5, 0.6) is 0 Å². The molecule has 1 unspecified atom stereocenters. The molecule has 1 aliphatic rings. The van der Waals surface area contributed by atoms with Gasteiger partial charge in [-0.1, -0.05) is 6.92 Å². The molecule has 1 saturated heterocycles. The van der Waals surface area contributed by atoms with Crippen LogP contribution in [0, 0.1) is 5.82 Å². The van der Waals surface area contributed by atoms with Crippen molar-refractivity contribution >= 4 is 5.69 Å². The second kappa shape index (κ2) is 6.75. The van der Waals surface area contributed by atoms with Gasteiger partial charge in [0.2, 0.25) is 0 Å². The average molecular weight is 277 g/mol. The molecule has 2 N–H and O–H groups in total. The SMILES string of the molecule is CCC(C)N1CCC(=C(C)NNc2ccc(F)cc2)C1. The molecule has 1 aliphatic heterocycles. The third-order valence-electron chi connectivity index (χ3n) is 4.08. The van der Waals surface area contributed by atoms with Crippen molar-refractivity contribution in [2.45, 2.75) is 39.7 Å². The molecule has 1 atom stereocenters. The Morgan fingerprint density at radius 1 is 1.35 bits per heavy atom. The van der Waals surface area contributed by atoms with Crippen molar-refractivity contribution in [1.82, 2.24) is 10.3 Å². The number of hydrazine groups is 1. The van der Waals surface area contributed by atoms with Crippen LogP contribution in [0.3, 0.4) is 0 Å². The van der Waals surface area contributed by atoms with Gasteiger partial charge in [0.15, 0.2) is 0 Å². The number of allylic oxidation sites excluding steroid dienone is 1. The summed E-state index contributed by atoms with van der Waals surface area (Å²) >= 11 is 0. The van der Waals surface area contributed by atoms with Gasteiger partial charge in [0.1, 0.15) is 5.82 Å². The van der Waals surface area contributed by atoms with Crippen molar-refractivity contribution in [3.05, 3.63) is 41.4 Å². The fourth-order valence-corrected chi connectivity index (χ4v) is 2.41. The van der Waals surface area contributed by atoms with Gasteiger partial charge in [0.25, 0.3) is 0 Å². The molecule has 0 aliphatic carbocycles. The summed E-state index contributed by atoms with van der Waals surface area (Å²) in [5, 5.41) is 0. The lowest BCUT2D eigenvalue weighted by Crippen LogP contribution is -2.30. The Balaban J connectivity index is 1.89. The zero-order valence-electron chi connectivity index (χ0n) is 12.5. The van der Waals surface area contributed by atoms with E-state index in [9.17, 15) is 4.39 Å². The van der Waals surface area contributed by atoms with E-state index in [1.165, 1.54) is 29.8 Å². The zero-order valence-corrected chi connectivity index (χ0v) is 12.5. The molecule has 110 valence electrons. The van der Waals surface area contributed by atoms with Crippen molar-refractivity contribution in [2.75, 3.05) is 18.5 Å². The summed E-state index contributed by atoms with van der Waals surface area (Å²) < 4.78 is 12.8. The van der Waals surface area contributed by atoms with Crippen molar-refractivity contribution in [3.8, 4) is 0 Å². The summed E-state index contributed by atoms with van der Waals surface area (Å²) in [6.07, 6.45) is 2.31. The third kappa shape index (κ3) is 3.73. The second-order valence-electron chi connectivity index (χ2n) is 5.46. The molecule has 0 bridgehead atoms. The van der Waals surface area contributed by atoms with Crippen molar-refractivity contribution in [3.63, 3.8) is 0 Å². The highest BCUT2D eigenvalue weighted by Gasteiger charge is 2.21. The number of nitrogens with one attached hydrogen (secondary N) is 2. The van der Waals surface area contributed by atoms with Gasteiger partial charge in [0.05, 0.1) is 5.69 Å². The van der Waals surface area contributed by atoms with Gasteiger partial charge in [0, 0.05) is 24.8 Å². The number of nitrogens with zero attached hydrogens (tertiary/aromatic N) is 1. The molecular weight excluding hydrogens is 253 g/mol. The fraction of sp³-hybridized carbons (Fsp3) is 0.500. The van der Waals surface area contributed by atoms with Crippen LogP contribution in [-0.4, -0.2) is 24.0 Å². The summed E-state index contributed by atoms with van der Waals surface area (Å²) in [6, 6.07) is 6.99. The van der Waals surface area contributed by atoms with E-state index in [2.05, 4.69) is 36.5 Å². The van der Waals surface area contributed by atoms with E-state index < -0.39 is 0 Å². The van der Waals surface area contributed by atoms with Crippen molar-refractivity contribution < 1.29 is 4.39 Å². The van der Waals surface area contributed by atoms with Crippen LogP contribution < -0.4 is 10.9 Å². The smallest absolute Gasteiger partial charge is 0.123 e. The van der Waals surface area contributed by atoms with Gasteiger partial charge in [-0.15, -0.1) is 0 Å². The molecule has 0 aromatic heterocycles. The Hall–Kier alpha value is -1.55. The lowest BCUT2D eigenvalue weighted by molar-refractivity contribution is 0.258. The summed E-state index contributed by atoms with van der Waals surface area (Å²) in [5.74, 6) is -0.217. The van der Waals surface area contributed by atoms with Gasteiger partial charge < -0.3 is 10.9 Å². The van der Waals surface area contributed by atoms with E-state index >= 15 is 0 Å². The van der Waals surface area contributed by atoms with Gasteiger partial charge in [-0.3, -0.25) is 4.90 Å². The van der Waals surface area contributed by atoms with E-state index in [1.807, 2.05) is 0 Å². The first-order chi connectivity index (χ1) is 9.60. The number of hydrogen-bond acceptors (Lipinski definition) is 3. The van der Waals surface area contributed by atoms with Crippen molar-refractivity contribution in [1.29, 1.82) is 0 Å². The van der Waals surface area contributed by atoms with Crippen LogP contribution in [0.15, 0.2) is 35.5 Å². The predicted molar refractivity (Wildman–Crippen MR) is 81.8 cm³/mol. The number of rotatable bonds is 5. The maximum Gasteiger partial charge on any atom is 0.123 e. The van der Waals surface area contributed by atoms with Crippen LogP contribution in [-0.2, 0) is 0 Å². The Kier molecular flexibility index (Phi) is 5.01. The van der Waals surface area contributed by atoms with Crippen LogP contribution in [0.1, 0.15) is 33.6 Å². The Bertz CT molecular complexity index is 467. The normalized spacial score (nSPS) is 19.8. The van der Waals surface area contributed by atoms with Gasteiger partial charge in [-0.25, -0.2) is 4.39 Å². The highest BCUT2D eigenvalue weighted by atomic mass is 19.1. The Labute approximate surface area is 120 Å². The molecule has 4 heteroatoms. The van der Waals surface area contributed by atoms with Crippen LogP contribution >= 0.6 is 0 Å². The van der Waals surface area contributed by atoms with E-state index in [4.69, 9.17) is 0 Å². The average Bonchev–Trinajstić information content (AvgIpc) is 2.95. The van der Waals surface area contributed by atoms with Crippen LogP contribution in [0.25, 0.3) is 0 Å². The van der Waals surface area contributed by atoms with E-state index in [-0.39, 0.29) is 5.82 Å². The molecule has 2 rings (SSSR count). The molecule has 1 fully saturated rings. The van der Waals surface area contributed by atoms with Crippen molar-refractivity contribution in [2.24, 2.45) is 0 Å². The Morgan fingerprint density at radius 3 is 2.70 bits per heavy atom. The van der Waals surface area contributed by atoms with E-state index in [0.717, 1.165) is 25.2 Å². The third-order valence-corrected chi connectivity index (χ3v) is 4.08. The lowest BCUT2D eigenvalue weighted by atomic mass is 10.2. The first-order valence-electron chi connectivity index (χ1n) is 7.30. The molecule has 20 heavy (non-hydrogen) atoms. The summed E-state index contributed by atoms with van der Waals surface area (Å²) in [6.45, 7) is 8.78. The minimum absolute atomic E-state index is 0.217. The van der Waals surface area contributed by atoms with Gasteiger partial charge in [-0.05, 0) is 56.5 Å². The highest BCUT2D eigenvalue weighted by molar-refractivity contribution is 5.42. The summed E-state index contributed by atoms with van der Waals surface area (Å²) in [5.41, 5.74) is 9.81. The summed E-state index contributed by atoms with van der Waals surface area (Å²) in [4.78, 5) is 2.51. The molecular formula is C16H24FN3. The lowest BCUT2D eigenvalue weighted by Gasteiger charge is -2.22. The first kappa shape index (κ1) is 14.9. The maximum atomic E-state index is 12.8. The summed E-state index contributed by atoms with van der Waals surface area (Å²) in [7, 11) is 0. The number of hydrogen-bond donors (Lipinski definition) is 2. The van der Waals surface area contributed by atoms with E-state index in [1.54, 1.807) is 12.1 Å².